The molecule has 8 heteroatoms. The van der Waals surface area contributed by atoms with Crippen LogP contribution in [0.25, 0.3) is 6.08 Å². The van der Waals surface area contributed by atoms with Crippen molar-refractivity contribution in [3.8, 4) is 0 Å². The Morgan fingerprint density at radius 3 is 2.06 bits per heavy atom. The average Bonchev–Trinajstić information content (AvgIpc) is 2.76. The maximum atomic E-state index is 13.8. The van der Waals surface area contributed by atoms with Crippen molar-refractivity contribution >= 4 is 25.5 Å². The molecule has 1 aromatic rings. The Kier molecular flexibility index (Phi) is 10.6. The van der Waals surface area contributed by atoms with Crippen LogP contribution in [-0.2, 0) is 23.1 Å². The first kappa shape index (κ1) is 26.3. The lowest BCUT2D eigenvalue weighted by atomic mass is 10.0. The zero-order valence-corrected chi connectivity index (χ0v) is 21.0. The number of benzene rings is 1. The second kappa shape index (κ2) is 12.9. The van der Waals surface area contributed by atoms with Crippen LogP contribution in [-0.4, -0.2) is 50.3 Å². The smallest absolute Gasteiger partial charge is 0.357 e. The van der Waals surface area contributed by atoms with Crippen molar-refractivity contribution in [3.05, 3.63) is 41.2 Å². The van der Waals surface area contributed by atoms with Gasteiger partial charge in [0, 0.05) is 11.7 Å². The van der Waals surface area contributed by atoms with Crippen LogP contribution in [0.15, 0.2) is 45.6 Å². The third-order valence-corrected chi connectivity index (χ3v) is 7.00. The fourth-order valence-electron chi connectivity index (χ4n) is 3.42. The highest BCUT2D eigenvalue weighted by Gasteiger charge is 2.37. The lowest BCUT2D eigenvalue weighted by Crippen LogP contribution is -2.38. The van der Waals surface area contributed by atoms with E-state index in [9.17, 15) is 4.57 Å². The van der Waals surface area contributed by atoms with Crippen LogP contribution >= 0.6 is 7.60 Å². The summed E-state index contributed by atoms with van der Waals surface area (Å²) in [6.45, 7) is 13.1. The molecule has 0 fully saturated rings. The molecule has 0 saturated carbocycles. The van der Waals surface area contributed by atoms with E-state index in [4.69, 9.17) is 28.5 Å². The van der Waals surface area contributed by atoms with E-state index >= 15 is 0 Å². The van der Waals surface area contributed by atoms with Crippen LogP contribution in [0.2, 0.25) is 0 Å². The minimum absolute atomic E-state index is 0.203. The second-order valence-electron chi connectivity index (χ2n) is 7.59. The van der Waals surface area contributed by atoms with Crippen LogP contribution in [0.5, 0.6) is 0 Å². The van der Waals surface area contributed by atoms with E-state index in [1.54, 1.807) is 13.8 Å². The van der Waals surface area contributed by atoms with Gasteiger partial charge in [-0.3, -0.25) is 4.57 Å². The van der Waals surface area contributed by atoms with Gasteiger partial charge in [-0.1, -0.05) is 44.2 Å². The summed E-state index contributed by atoms with van der Waals surface area (Å²) in [4.78, 5) is 9.68. The summed E-state index contributed by atoms with van der Waals surface area (Å²) >= 11 is 0. The van der Waals surface area contributed by atoms with Gasteiger partial charge < -0.3 is 18.5 Å². The van der Waals surface area contributed by atoms with Gasteiger partial charge in [-0.25, -0.2) is 9.98 Å². The fraction of sp³-hybridized carbons (Fsp3) is 0.583. The number of rotatable bonds is 11. The summed E-state index contributed by atoms with van der Waals surface area (Å²) in [5, 5.41) is 0.535. The number of aliphatic imine (C=N–C) groups is 2. The molecule has 0 amide bonds. The van der Waals surface area contributed by atoms with Gasteiger partial charge in [0.25, 0.3) is 0 Å². The normalized spacial score (nSPS) is 19.5. The number of hydrogen-bond acceptors (Lipinski definition) is 7. The Morgan fingerprint density at radius 2 is 1.53 bits per heavy atom. The molecule has 7 nitrogen and oxygen atoms in total. The Morgan fingerprint density at radius 1 is 0.938 bits per heavy atom. The molecule has 0 bridgehead atoms. The van der Waals surface area contributed by atoms with E-state index in [0.717, 1.165) is 5.56 Å². The average molecular weight is 465 g/mol. The monoisotopic (exact) mass is 464 g/mol. The topological polar surface area (TPSA) is 78.7 Å². The molecular weight excluding hydrogens is 427 g/mol. The molecular formula is C24H37N2O5P. The van der Waals surface area contributed by atoms with E-state index < -0.39 is 13.6 Å². The first-order chi connectivity index (χ1) is 15.4. The van der Waals surface area contributed by atoms with Gasteiger partial charge in [0.2, 0.25) is 11.8 Å². The summed E-state index contributed by atoms with van der Waals surface area (Å²) in [7, 11) is -3.54. The molecule has 0 spiro atoms. The standard InChI is InChI=1S/C24H37N2O5P/c1-7-28-23-21(25-24(29-8-2)22(26-23)18(5)6)17-20(16-19-14-12-11-13-15-19)32(27,30-9-3)31-10-4/h11-16,18,21-22H,7-10,17H2,1-6H3/b20-16+/t21-,22+/m0/s1. The quantitative estimate of drug-likeness (QED) is 0.378. The van der Waals surface area contributed by atoms with Crippen molar-refractivity contribution < 1.29 is 23.1 Å². The van der Waals surface area contributed by atoms with Gasteiger partial charge in [0.1, 0.15) is 12.1 Å². The Balaban J connectivity index is 2.52. The minimum Gasteiger partial charge on any atom is -0.480 e. The molecule has 1 aromatic carbocycles. The zero-order chi connectivity index (χ0) is 23.6. The Labute approximate surface area is 192 Å². The van der Waals surface area contributed by atoms with Gasteiger partial charge in [-0.2, -0.15) is 0 Å². The first-order valence-corrected chi connectivity index (χ1v) is 13.0. The third kappa shape index (κ3) is 7.03. The zero-order valence-electron chi connectivity index (χ0n) is 20.1. The molecule has 0 aliphatic carbocycles. The molecule has 0 radical (unpaired) electrons. The summed E-state index contributed by atoms with van der Waals surface area (Å²) < 4.78 is 36.8. The van der Waals surface area contributed by atoms with Crippen molar-refractivity contribution in [2.45, 2.75) is 60.0 Å². The molecule has 178 valence electrons. The maximum Gasteiger partial charge on any atom is 0.357 e. The van der Waals surface area contributed by atoms with Gasteiger partial charge >= 0.3 is 7.60 Å². The highest BCUT2D eigenvalue weighted by molar-refractivity contribution is 7.58. The summed E-state index contributed by atoms with van der Waals surface area (Å²) in [5.74, 6) is 1.31. The van der Waals surface area contributed by atoms with Crippen molar-refractivity contribution in [1.29, 1.82) is 0 Å². The lowest BCUT2D eigenvalue weighted by molar-refractivity contribution is 0.225. The molecule has 0 aromatic heterocycles. The van der Waals surface area contributed by atoms with E-state index in [-0.39, 0.29) is 31.6 Å². The summed E-state index contributed by atoms with van der Waals surface area (Å²) in [5.41, 5.74) is 0.905. The summed E-state index contributed by atoms with van der Waals surface area (Å²) in [6.07, 6.45) is 2.15. The molecule has 1 aliphatic heterocycles. The molecule has 0 N–H and O–H groups in total. The number of ether oxygens (including phenoxy) is 2. The maximum absolute atomic E-state index is 13.8. The first-order valence-electron chi connectivity index (χ1n) is 11.4. The van der Waals surface area contributed by atoms with Crippen LogP contribution in [0.1, 0.15) is 53.5 Å². The molecule has 2 rings (SSSR count). The highest BCUT2D eigenvalue weighted by Crippen LogP contribution is 2.58. The highest BCUT2D eigenvalue weighted by atomic mass is 31.2. The van der Waals surface area contributed by atoms with Gasteiger partial charge in [-0.15, -0.1) is 0 Å². The van der Waals surface area contributed by atoms with E-state index in [2.05, 4.69) is 13.8 Å². The lowest BCUT2D eigenvalue weighted by Gasteiger charge is -2.29. The van der Waals surface area contributed by atoms with Crippen molar-refractivity contribution in [3.63, 3.8) is 0 Å². The van der Waals surface area contributed by atoms with Crippen LogP contribution in [0.4, 0.5) is 0 Å². The molecule has 2 atom stereocenters. The minimum atomic E-state index is -3.54. The number of nitrogens with zero attached hydrogens (tertiary/aromatic N) is 2. The fourth-order valence-corrected chi connectivity index (χ4v) is 5.20. The van der Waals surface area contributed by atoms with Gasteiger partial charge in [-0.05, 0) is 45.3 Å². The van der Waals surface area contributed by atoms with Gasteiger partial charge in [0.05, 0.1) is 26.4 Å². The van der Waals surface area contributed by atoms with Crippen LogP contribution in [0, 0.1) is 5.92 Å². The predicted molar refractivity (Wildman–Crippen MR) is 130 cm³/mol. The SMILES string of the molecule is CCOC1=N[C@H](C(C)C)C(OCC)=N[C@H]1C/C(=C\c1ccccc1)P(=O)(OCC)OCC. The Hall–Kier alpha value is -1.95. The van der Waals surface area contributed by atoms with E-state index in [0.29, 0.717) is 30.3 Å². The van der Waals surface area contributed by atoms with Crippen LogP contribution in [0.3, 0.4) is 0 Å². The molecule has 32 heavy (non-hydrogen) atoms. The van der Waals surface area contributed by atoms with E-state index in [1.165, 1.54) is 0 Å². The molecule has 1 heterocycles. The second-order valence-corrected chi connectivity index (χ2v) is 9.67. The van der Waals surface area contributed by atoms with Gasteiger partial charge in [0.15, 0.2) is 0 Å². The Bertz CT molecular complexity index is 841. The number of hydrogen-bond donors (Lipinski definition) is 0. The molecule has 0 saturated heterocycles. The predicted octanol–water partition coefficient (Wildman–Crippen LogP) is 5.96. The largest absolute Gasteiger partial charge is 0.480 e. The molecule has 0 unspecified atom stereocenters. The van der Waals surface area contributed by atoms with E-state index in [1.807, 2.05) is 50.3 Å². The van der Waals surface area contributed by atoms with Crippen LogP contribution < -0.4 is 0 Å². The molecule has 1 aliphatic rings. The van der Waals surface area contributed by atoms with Crippen molar-refractivity contribution in [2.24, 2.45) is 15.9 Å². The third-order valence-electron chi connectivity index (χ3n) is 4.79. The summed E-state index contributed by atoms with van der Waals surface area (Å²) in [6, 6.07) is 9.02. The van der Waals surface area contributed by atoms with Crippen molar-refractivity contribution in [2.75, 3.05) is 26.4 Å². The van der Waals surface area contributed by atoms with Crippen molar-refractivity contribution in [1.82, 2.24) is 0 Å².